The fourth-order valence-corrected chi connectivity index (χ4v) is 5.04. The second kappa shape index (κ2) is 7.80. The summed E-state index contributed by atoms with van der Waals surface area (Å²) in [4.78, 5) is 28.9. The van der Waals surface area contributed by atoms with E-state index in [2.05, 4.69) is 6.08 Å². The fraction of sp³-hybridized carbons (Fsp3) is 0.545. The average molecular weight is 399 g/mol. The molecule has 0 unspecified atom stereocenters. The number of hydrogen-bond acceptors (Lipinski definition) is 5. The molecule has 2 saturated heterocycles. The van der Waals surface area contributed by atoms with Crippen molar-refractivity contribution in [1.82, 2.24) is 4.90 Å². The number of quaternary nitrogens is 1. The van der Waals surface area contributed by atoms with E-state index in [-0.39, 0.29) is 30.4 Å². The van der Waals surface area contributed by atoms with Crippen LogP contribution < -0.4 is 14.4 Å². The lowest BCUT2D eigenvalue weighted by Gasteiger charge is -2.34. The number of nitrogens with zero attached hydrogens (tertiary/aromatic N) is 1. The van der Waals surface area contributed by atoms with Crippen LogP contribution in [0.1, 0.15) is 31.2 Å². The highest BCUT2D eigenvalue weighted by Gasteiger charge is 2.46. The number of likely N-dealkylation sites (tertiary alicyclic amines) is 1. The van der Waals surface area contributed by atoms with Crippen LogP contribution in [0.4, 0.5) is 0 Å². The van der Waals surface area contributed by atoms with Gasteiger partial charge < -0.3 is 19.1 Å². The number of amides is 2. The van der Waals surface area contributed by atoms with Crippen molar-refractivity contribution in [3.8, 4) is 11.5 Å². The van der Waals surface area contributed by atoms with Gasteiger partial charge in [0.05, 0.1) is 25.7 Å². The third-order valence-electron chi connectivity index (χ3n) is 6.53. The number of fused-ring (bicyclic) bond motifs is 1. The topological polar surface area (TPSA) is 69.5 Å². The number of imide groups is 1. The number of ether oxygens (including phenoxy) is 3. The van der Waals surface area contributed by atoms with E-state index in [9.17, 15) is 9.59 Å². The summed E-state index contributed by atoms with van der Waals surface area (Å²) in [7, 11) is 0. The fourth-order valence-electron chi connectivity index (χ4n) is 5.04. The zero-order valence-electron chi connectivity index (χ0n) is 16.5. The van der Waals surface area contributed by atoms with Crippen LogP contribution >= 0.6 is 0 Å². The number of morpholine rings is 1. The van der Waals surface area contributed by atoms with E-state index < -0.39 is 0 Å². The van der Waals surface area contributed by atoms with Gasteiger partial charge in [-0.3, -0.25) is 14.5 Å². The standard InChI is InChI=1S/C22H26N2O5/c25-21-12-17(16-3-1-2-4-18(16)23-7-9-27-10-8-23)22(26)24(21)13-15-5-6-19-20(11-15)29-14-28-19/h4-6,11,16-17H,1-3,7-10,12-14H2/p+1/t16-,17+/m0/s1. The summed E-state index contributed by atoms with van der Waals surface area (Å²) in [6.45, 7) is 3.90. The molecular weight excluding hydrogens is 372 g/mol. The number of allylic oxidation sites excluding steroid dienone is 2. The van der Waals surface area contributed by atoms with Gasteiger partial charge in [-0.2, -0.15) is 0 Å². The van der Waals surface area contributed by atoms with Gasteiger partial charge in [0.2, 0.25) is 18.6 Å². The summed E-state index contributed by atoms with van der Waals surface area (Å²) in [5.41, 5.74) is 2.21. The Labute approximate surface area is 170 Å². The van der Waals surface area contributed by atoms with Crippen LogP contribution in [-0.4, -0.2) is 49.8 Å². The normalized spacial score (nSPS) is 27.4. The largest absolute Gasteiger partial charge is 0.454 e. The predicted molar refractivity (Wildman–Crippen MR) is 103 cm³/mol. The molecule has 7 heteroatoms. The van der Waals surface area contributed by atoms with Crippen molar-refractivity contribution in [3.63, 3.8) is 0 Å². The van der Waals surface area contributed by atoms with E-state index in [1.54, 1.807) is 0 Å². The third-order valence-corrected chi connectivity index (χ3v) is 6.53. The summed E-state index contributed by atoms with van der Waals surface area (Å²) in [6.07, 6.45) is 5.75. The molecule has 4 aliphatic rings. The number of carbonyl (C=O) groups is 2. The van der Waals surface area contributed by atoms with Gasteiger partial charge in [0.15, 0.2) is 11.5 Å². The monoisotopic (exact) mass is 399 g/mol. The first-order valence-electron chi connectivity index (χ1n) is 10.6. The average Bonchev–Trinajstić information content (AvgIpc) is 3.34. The molecule has 3 heterocycles. The molecule has 2 fully saturated rings. The Morgan fingerprint density at radius 1 is 1.07 bits per heavy atom. The lowest BCUT2D eigenvalue weighted by Crippen LogP contribution is -3.13. The van der Waals surface area contributed by atoms with Crippen LogP contribution in [0, 0.1) is 11.8 Å². The number of hydrogen-bond donors (Lipinski definition) is 1. The number of rotatable bonds is 4. The SMILES string of the molecule is O=C1C[C@H]([C@@H]2CCCC=C2[NH+]2CCOCC2)C(=O)N1Cc1ccc2c(c1)OCO2. The Hall–Kier alpha value is -2.38. The van der Waals surface area contributed by atoms with Gasteiger partial charge in [0, 0.05) is 12.3 Å². The number of carbonyl (C=O) groups excluding carboxylic acids is 2. The highest BCUT2D eigenvalue weighted by molar-refractivity contribution is 6.03. The molecule has 0 spiro atoms. The Morgan fingerprint density at radius 2 is 1.90 bits per heavy atom. The molecule has 1 aromatic rings. The molecule has 5 rings (SSSR count). The van der Waals surface area contributed by atoms with E-state index in [0.29, 0.717) is 24.5 Å². The molecule has 1 N–H and O–H groups in total. The van der Waals surface area contributed by atoms with Crippen LogP contribution in [0.3, 0.4) is 0 Å². The Balaban J connectivity index is 1.33. The Morgan fingerprint density at radius 3 is 2.76 bits per heavy atom. The predicted octanol–water partition coefficient (Wildman–Crippen LogP) is 0.890. The molecule has 0 saturated carbocycles. The lowest BCUT2D eigenvalue weighted by atomic mass is 9.80. The number of nitrogens with one attached hydrogen (secondary N) is 1. The quantitative estimate of drug-likeness (QED) is 0.762. The summed E-state index contributed by atoms with van der Waals surface area (Å²) < 4.78 is 16.3. The highest BCUT2D eigenvalue weighted by atomic mass is 16.7. The first-order chi connectivity index (χ1) is 14.2. The van der Waals surface area contributed by atoms with Crippen molar-refractivity contribution in [2.24, 2.45) is 11.8 Å². The van der Waals surface area contributed by atoms with Gasteiger partial charge >= 0.3 is 0 Å². The molecule has 3 aliphatic heterocycles. The van der Waals surface area contributed by atoms with Crippen molar-refractivity contribution in [1.29, 1.82) is 0 Å². The molecule has 7 nitrogen and oxygen atoms in total. The van der Waals surface area contributed by atoms with E-state index in [1.807, 2.05) is 18.2 Å². The molecule has 0 radical (unpaired) electrons. The van der Waals surface area contributed by atoms with Crippen molar-refractivity contribution in [2.75, 3.05) is 33.1 Å². The Kier molecular flexibility index (Phi) is 5.01. The van der Waals surface area contributed by atoms with Crippen LogP contribution in [-0.2, 0) is 20.9 Å². The molecule has 29 heavy (non-hydrogen) atoms. The number of benzene rings is 1. The summed E-state index contributed by atoms with van der Waals surface area (Å²) in [5, 5.41) is 0. The molecule has 0 bridgehead atoms. The van der Waals surface area contributed by atoms with Crippen LogP contribution in [0.15, 0.2) is 30.0 Å². The molecular formula is C22H27N2O5+. The molecule has 1 aliphatic carbocycles. The third kappa shape index (κ3) is 3.53. The van der Waals surface area contributed by atoms with E-state index in [1.165, 1.54) is 15.5 Å². The van der Waals surface area contributed by atoms with Gasteiger partial charge in [-0.25, -0.2) is 0 Å². The van der Waals surface area contributed by atoms with Gasteiger partial charge in [-0.1, -0.05) is 6.07 Å². The maximum Gasteiger partial charge on any atom is 0.233 e. The van der Waals surface area contributed by atoms with Crippen LogP contribution in [0.5, 0.6) is 11.5 Å². The first kappa shape index (κ1) is 18.6. The van der Waals surface area contributed by atoms with Gasteiger partial charge in [-0.05, 0) is 43.0 Å². The molecule has 2 amide bonds. The summed E-state index contributed by atoms with van der Waals surface area (Å²) >= 11 is 0. The molecule has 2 atom stereocenters. The maximum absolute atomic E-state index is 13.3. The van der Waals surface area contributed by atoms with Crippen LogP contribution in [0.2, 0.25) is 0 Å². The van der Waals surface area contributed by atoms with Gasteiger partial charge in [0.25, 0.3) is 0 Å². The van der Waals surface area contributed by atoms with Gasteiger partial charge in [0.1, 0.15) is 18.8 Å². The van der Waals surface area contributed by atoms with E-state index >= 15 is 0 Å². The van der Waals surface area contributed by atoms with Crippen molar-refractivity contribution in [3.05, 3.63) is 35.5 Å². The first-order valence-corrected chi connectivity index (χ1v) is 10.6. The van der Waals surface area contributed by atoms with Crippen molar-refractivity contribution in [2.45, 2.75) is 32.2 Å². The smallest absolute Gasteiger partial charge is 0.233 e. The van der Waals surface area contributed by atoms with E-state index in [4.69, 9.17) is 14.2 Å². The van der Waals surface area contributed by atoms with Crippen molar-refractivity contribution >= 4 is 11.8 Å². The Bertz CT molecular complexity index is 846. The van der Waals surface area contributed by atoms with Crippen molar-refractivity contribution < 1.29 is 28.7 Å². The van der Waals surface area contributed by atoms with E-state index in [0.717, 1.165) is 51.1 Å². The van der Waals surface area contributed by atoms with Gasteiger partial charge in [-0.15, -0.1) is 0 Å². The second-order valence-electron chi connectivity index (χ2n) is 8.23. The van der Waals surface area contributed by atoms with Crippen LogP contribution in [0.25, 0.3) is 0 Å². The minimum absolute atomic E-state index is 0.0295. The molecule has 154 valence electrons. The summed E-state index contributed by atoms with van der Waals surface area (Å²) in [5.74, 6) is 1.20. The lowest BCUT2D eigenvalue weighted by molar-refractivity contribution is -0.874. The zero-order chi connectivity index (χ0) is 19.8. The minimum atomic E-state index is -0.238. The minimum Gasteiger partial charge on any atom is -0.454 e. The molecule has 1 aromatic carbocycles. The summed E-state index contributed by atoms with van der Waals surface area (Å²) in [6, 6.07) is 5.59. The maximum atomic E-state index is 13.3. The molecule has 0 aromatic heterocycles. The highest BCUT2D eigenvalue weighted by Crippen LogP contribution is 2.37. The zero-order valence-corrected chi connectivity index (χ0v) is 16.5. The second-order valence-corrected chi connectivity index (χ2v) is 8.23.